The van der Waals surface area contributed by atoms with Gasteiger partial charge in [0.25, 0.3) is 5.91 Å². The van der Waals surface area contributed by atoms with Crippen LogP contribution in [0.2, 0.25) is 10.0 Å². The van der Waals surface area contributed by atoms with Crippen LogP contribution in [-0.4, -0.2) is 49.0 Å². The zero-order chi connectivity index (χ0) is 18.7. The van der Waals surface area contributed by atoms with Crippen LogP contribution in [0.25, 0.3) is 0 Å². The van der Waals surface area contributed by atoms with E-state index in [4.69, 9.17) is 33.7 Å². The number of carbonyl (C=O) groups is 1. The summed E-state index contributed by atoms with van der Waals surface area (Å²) in [4.78, 5) is 17.0. The van der Waals surface area contributed by atoms with Crippen LogP contribution in [0.1, 0.15) is 15.9 Å². The topological polar surface area (TPSA) is 58.8 Å². The molecule has 0 bridgehead atoms. The number of ether oxygens (including phenoxy) is 1. The molecule has 1 aliphatic heterocycles. The molecular formula is C19H23Cl4N3O2. The van der Waals surface area contributed by atoms with Crippen molar-refractivity contribution in [2.75, 3.05) is 39.0 Å². The number of nitrogens with two attached hydrogens (primary N) is 1. The smallest absolute Gasteiger partial charge is 0.257 e. The molecule has 1 aliphatic rings. The van der Waals surface area contributed by atoms with Gasteiger partial charge in [-0.25, -0.2) is 0 Å². The fourth-order valence-electron chi connectivity index (χ4n) is 3.08. The van der Waals surface area contributed by atoms with E-state index in [1.807, 2.05) is 23.1 Å². The third kappa shape index (κ3) is 5.82. The molecule has 5 nitrogen and oxygen atoms in total. The maximum atomic E-state index is 12.9. The Morgan fingerprint density at radius 3 is 2.39 bits per heavy atom. The summed E-state index contributed by atoms with van der Waals surface area (Å²) in [6.07, 6.45) is 0. The van der Waals surface area contributed by atoms with Crippen molar-refractivity contribution in [2.24, 2.45) is 0 Å². The molecule has 0 atom stereocenters. The predicted octanol–water partition coefficient (Wildman–Crippen LogP) is 4.39. The third-order valence-corrected chi connectivity index (χ3v) is 5.07. The summed E-state index contributed by atoms with van der Waals surface area (Å²) in [6.45, 7) is 3.70. The van der Waals surface area contributed by atoms with Gasteiger partial charge in [0, 0.05) is 43.8 Å². The van der Waals surface area contributed by atoms with E-state index in [1.165, 1.54) is 12.7 Å². The molecule has 0 aromatic heterocycles. The van der Waals surface area contributed by atoms with Gasteiger partial charge < -0.3 is 15.4 Å². The van der Waals surface area contributed by atoms with Gasteiger partial charge in [-0.05, 0) is 23.8 Å². The molecule has 1 amide bonds. The Bertz CT molecular complexity index is 812. The van der Waals surface area contributed by atoms with Crippen LogP contribution >= 0.6 is 48.0 Å². The molecule has 2 N–H and O–H groups in total. The van der Waals surface area contributed by atoms with Crippen molar-refractivity contribution in [3.63, 3.8) is 0 Å². The largest absolute Gasteiger partial charge is 0.496 e. The first-order valence-electron chi connectivity index (χ1n) is 8.37. The van der Waals surface area contributed by atoms with E-state index in [9.17, 15) is 4.79 Å². The van der Waals surface area contributed by atoms with Gasteiger partial charge in [0.15, 0.2) is 0 Å². The highest BCUT2D eigenvalue weighted by Gasteiger charge is 2.25. The van der Waals surface area contributed by atoms with Crippen molar-refractivity contribution < 1.29 is 9.53 Å². The average molecular weight is 467 g/mol. The Hall–Kier alpha value is -1.37. The van der Waals surface area contributed by atoms with Crippen molar-refractivity contribution >= 4 is 59.6 Å². The minimum atomic E-state index is -0.0915. The second-order valence-electron chi connectivity index (χ2n) is 6.27. The first-order chi connectivity index (χ1) is 12.5. The SMILES string of the molecule is COc1cc(N)c(Cl)cc1C(=O)N1CCN(Cc2cccc(Cl)c2)CC1.Cl.Cl. The van der Waals surface area contributed by atoms with Crippen molar-refractivity contribution in [3.05, 3.63) is 57.6 Å². The monoisotopic (exact) mass is 465 g/mol. The molecule has 0 aliphatic carbocycles. The lowest BCUT2D eigenvalue weighted by atomic mass is 10.1. The Balaban J connectivity index is 0.00000196. The molecule has 2 aromatic carbocycles. The van der Waals surface area contributed by atoms with Crippen molar-refractivity contribution in [1.29, 1.82) is 0 Å². The summed E-state index contributed by atoms with van der Waals surface area (Å²) in [5, 5.41) is 1.09. The van der Waals surface area contributed by atoms with Crippen molar-refractivity contribution in [1.82, 2.24) is 9.80 Å². The number of methoxy groups -OCH3 is 1. The molecular weight excluding hydrogens is 444 g/mol. The van der Waals surface area contributed by atoms with Crippen molar-refractivity contribution in [2.45, 2.75) is 6.54 Å². The van der Waals surface area contributed by atoms with Gasteiger partial charge in [-0.3, -0.25) is 9.69 Å². The highest BCUT2D eigenvalue weighted by Crippen LogP contribution is 2.30. The van der Waals surface area contributed by atoms with Crippen LogP contribution in [0.3, 0.4) is 0 Å². The standard InChI is InChI=1S/C19H21Cl2N3O2.2ClH/c1-26-18-11-17(22)16(21)10-15(18)19(25)24-7-5-23(6-8-24)12-13-3-2-4-14(20)9-13;;/h2-4,9-11H,5-8,12,22H2,1H3;2*1H. The number of piperazine rings is 1. The minimum Gasteiger partial charge on any atom is -0.496 e. The van der Waals surface area contributed by atoms with Gasteiger partial charge in [0.1, 0.15) is 5.75 Å². The highest BCUT2D eigenvalue weighted by atomic mass is 35.5. The first kappa shape index (κ1) is 24.7. The van der Waals surface area contributed by atoms with Gasteiger partial charge in [-0.2, -0.15) is 0 Å². The van der Waals surface area contributed by atoms with Gasteiger partial charge in [-0.15, -0.1) is 24.8 Å². The molecule has 3 rings (SSSR count). The van der Waals surface area contributed by atoms with Crippen LogP contribution in [0.15, 0.2) is 36.4 Å². The lowest BCUT2D eigenvalue weighted by molar-refractivity contribution is 0.0625. The number of nitrogens with zero attached hydrogens (tertiary/aromatic N) is 2. The lowest BCUT2D eigenvalue weighted by Crippen LogP contribution is -2.48. The summed E-state index contributed by atoms with van der Waals surface area (Å²) in [5.41, 5.74) is 7.80. The fourth-order valence-corrected chi connectivity index (χ4v) is 3.45. The number of rotatable bonds is 4. The van der Waals surface area contributed by atoms with Gasteiger partial charge in [0.2, 0.25) is 0 Å². The van der Waals surface area contributed by atoms with Gasteiger partial charge in [0.05, 0.1) is 23.4 Å². The number of hydrogen-bond acceptors (Lipinski definition) is 4. The van der Waals surface area contributed by atoms with E-state index < -0.39 is 0 Å². The van der Waals surface area contributed by atoms with E-state index in [0.717, 1.165) is 24.7 Å². The Labute approximate surface area is 187 Å². The number of benzene rings is 2. The van der Waals surface area contributed by atoms with E-state index in [-0.39, 0.29) is 30.7 Å². The number of carbonyl (C=O) groups excluding carboxylic acids is 1. The van der Waals surface area contributed by atoms with E-state index in [1.54, 1.807) is 12.1 Å². The summed E-state index contributed by atoms with van der Waals surface area (Å²) in [7, 11) is 1.52. The van der Waals surface area contributed by atoms with E-state index in [0.29, 0.717) is 35.1 Å². The summed E-state index contributed by atoms with van der Waals surface area (Å²) in [6, 6.07) is 11.0. The van der Waals surface area contributed by atoms with Crippen molar-refractivity contribution in [3.8, 4) is 5.75 Å². The number of amides is 1. The average Bonchev–Trinajstić information content (AvgIpc) is 2.63. The summed E-state index contributed by atoms with van der Waals surface area (Å²) in [5.74, 6) is 0.351. The molecule has 0 spiro atoms. The number of anilines is 1. The maximum absolute atomic E-state index is 12.9. The number of nitrogen functional groups attached to an aromatic ring is 1. The van der Waals surface area contributed by atoms with Crippen LogP contribution in [0.5, 0.6) is 5.75 Å². The molecule has 9 heteroatoms. The second kappa shape index (κ2) is 11.0. The third-order valence-electron chi connectivity index (χ3n) is 4.50. The molecule has 154 valence electrons. The zero-order valence-corrected chi connectivity index (χ0v) is 18.5. The van der Waals surface area contributed by atoms with Crippen LogP contribution < -0.4 is 10.5 Å². The first-order valence-corrected chi connectivity index (χ1v) is 9.12. The normalized spacial score (nSPS) is 14.0. The zero-order valence-electron chi connectivity index (χ0n) is 15.4. The van der Waals surface area contributed by atoms with Gasteiger partial charge in [-0.1, -0.05) is 35.3 Å². The Kier molecular flexibility index (Phi) is 9.67. The molecule has 0 radical (unpaired) electrons. The lowest BCUT2D eigenvalue weighted by Gasteiger charge is -2.35. The highest BCUT2D eigenvalue weighted by molar-refractivity contribution is 6.33. The molecule has 0 saturated carbocycles. The molecule has 0 unspecified atom stereocenters. The van der Waals surface area contributed by atoms with Crippen LogP contribution in [0, 0.1) is 0 Å². The van der Waals surface area contributed by atoms with E-state index >= 15 is 0 Å². The fraction of sp³-hybridized carbons (Fsp3) is 0.316. The second-order valence-corrected chi connectivity index (χ2v) is 7.12. The quantitative estimate of drug-likeness (QED) is 0.679. The Morgan fingerprint density at radius 1 is 1.11 bits per heavy atom. The van der Waals surface area contributed by atoms with Gasteiger partial charge >= 0.3 is 0 Å². The van der Waals surface area contributed by atoms with Crippen LogP contribution in [0.4, 0.5) is 5.69 Å². The molecule has 1 saturated heterocycles. The maximum Gasteiger partial charge on any atom is 0.257 e. The number of hydrogen-bond donors (Lipinski definition) is 1. The Morgan fingerprint density at radius 2 is 1.79 bits per heavy atom. The van der Waals surface area contributed by atoms with E-state index in [2.05, 4.69) is 11.0 Å². The summed E-state index contributed by atoms with van der Waals surface area (Å²) >= 11 is 12.1. The predicted molar refractivity (Wildman–Crippen MR) is 120 cm³/mol. The molecule has 1 heterocycles. The minimum absolute atomic E-state index is 0. The number of halogens is 4. The molecule has 2 aromatic rings. The molecule has 1 fully saturated rings. The van der Waals surface area contributed by atoms with Crippen LogP contribution in [-0.2, 0) is 6.54 Å². The molecule has 28 heavy (non-hydrogen) atoms. The summed E-state index contributed by atoms with van der Waals surface area (Å²) < 4.78 is 5.30.